The van der Waals surface area contributed by atoms with E-state index in [0.717, 1.165) is 35.6 Å². The molecule has 1 aliphatic carbocycles. The molecule has 2 aliphatic rings. The summed E-state index contributed by atoms with van der Waals surface area (Å²) >= 11 is 0. The molecule has 2 atom stereocenters. The van der Waals surface area contributed by atoms with E-state index in [1.54, 1.807) is 0 Å². The number of ether oxygens (including phenoxy) is 2. The molecule has 2 aromatic carbocycles. The molecule has 1 heterocycles. The van der Waals surface area contributed by atoms with Crippen molar-refractivity contribution in [3.05, 3.63) is 75.9 Å². The Balaban J connectivity index is 1.68. The number of halogens is 2. The van der Waals surface area contributed by atoms with Gasteiger partial charge in [-0.25, -0.2) is 13.6 Å². The van der Waals surface area contributed by atoms with Crippen molar-refractivity contribution in [2.75, 3.05) is 0 Å². The molecule has 0 unspecified atom stereocenters. The minimum absolute atomic E-state index is 0.00658. The molecule has 0 N–H and O–H groups in total. The van der Waals surface area contributed by atoms with Gasteiger partial charge in [-0.3, -0.25) is 0 Å². The smallest absolute Gasteiger partial charge is 0.334 e. The predicted molar refractivity (Wildman–Crippen MR) is 96.4 cm³/mol. The molecular formula is C22H20F2O3. The summed E-state index contributed by atoms with van der Waals surface area (Å²) in [5.41, 5.74) is 4.91. The van der Waals surface area contributed by atoms with Crippen LogP contribution in [0, 0.1) is 31.4 Å². The van der Waals surface area contributed by atoms with E-state index < -0.39 is 11.6 Å². The van der Waals surface area contributed by atoms with Gasteiger partial charge in [0.25, 0.3) is 0 Å². The molecule has 0 saturated carbocycles. The van der Waals surface area contributed by atoms with Crippen LogP contribution in [-0.4, -0.2) is 5.97 Å². The molecule has 0 bridgehead atoms. The number of aryl methyl sites for hydroxylation is 1. The zero-order valence-electron chi connectivity index (χ0n) is 15.3. The van der Waals surface area contributed by atoms with Crippen molar-refractivity contribution in [3.8, 4) is 5.75 Å². The lowest BCUT2D eigenvalue weighted by Gasteiger charge is -2.30. The topological polar surface area (TPSA) is 35.5 Å². The maximum absolute atomic E-state index is 13.9. The molecule has 0 aromatic heterocycles. The zero-order chi connectivity index (χ0) is 19.3. The lowest BCUT2D eigenvalue weighted by molar-refractivity contribution is -0.139. The first-order valence-corrected chi connectivity index (χ1v) is 8.96. The van der Waals surface area contributed by atoms with Crippen LogP contribution in [0.5, 0.6) is 5.75 Å². The van der Waals surface area contributed by atoms with Gasteiger partial charge in [-0.2, -0.15) is 0 Å². The molecule has 2 aromatic rings. The summed E-state index contributed by atoms with van der Waals surface area (Å²) in [6, 6.07) is 5.37. The van der Waals surface area contributed by atoms with Crippen LogP contribution >= 0.6 is 0 Å². The fraction of sp³-hybridized carbons (Fsp3) is 0.318. The number of fused-ring (bicyclic) bond motifs is 3. The third-order valence-electron chi connectivity index (χ3n) is 5.62. The van der Waals surface area contributed by atoms with Gasteiger partial charge in [-0.15, -0.1) is 0 Å². The molecule has 1 saturated heterocycles. The van der Waals surface area contributed by atoms with Gasteiger partial charge in [0.05, 0.1) is 0 Å². The molecule has 0 amide bonds. The monoisotopic (exact) mass is 370 g/mol. The van der Waals surface area contributed by atoms with E-state index >= 15 is 0 Å². The zero-order valence-corrected chi connectivity index (χ0v) is 15.3. The van der Waals surface area contributed by atoms with E-state index in [2.05, 4.69) is 6.58 Å². The Hall–Kier alpha value is -2.69. The van der Waals surface area contributed by atoms with Crippen molar-refractivity contribution in [2.45, 2.75) is 39.4 Å². The number of hydrogen-bond acceptors (Lipinski definition) is 3. The highest BCUT2D eigenvalue weighted by Crippen LogP contribution is 2.49. The summed E-state index contributed by atoms with van der Waals surface area (Å²) in [6.07, 6.45) is 1.36. The number of carbonyl (C=O) groups is 1. The van der Waals surface area contributed by atoms with Crippen LogP contribution in [0.4, 0.5) is 8.78 Å². The number of carbonyl (C=O) groups excluding carboxylic acids is 1. The Labute approximate surface area is 156 Å². The predicted octanol–water partition coefficient (Wildman–Crippen LogP) is 4.88. The van der Waals surface area contributed by atoms with Crippen LogP contribution in [0.2, 0.25) is 0 Å². The summed E-state index contributed by atoms with van der Waals surface area (Å²) in [6.45, 7) is 7.79. The number of esters is 1. The van der Waals surface area contributed by atoms with E-state index in [4.69, 9.17) is 9.47 Å². The first kappa shape index (κ1) is 17.7. The number of benzene rings is 2. The Morgan fingerprint density at radius 3 is 2.78 bits per heavy atom. The quantitative estimate of drug-likeness (QED) is 0.571. The van der Waals surface area contributed by atoms with E-state index in [9.17, 15) is 13.6 Å². The SMILES string of the molecule is C=C1C(=O)O[C@H]2c3c(C)c(OCc4ccc(F)cc4F)cc(C)c3CC[C@@H]12. The molecule has 4 rings (SSSR count). The maximum atomic E-state index is 13.9. The van der Waals surface area contributed by atoms with Crippen molar-refractivity contribution >= 4 is 5.97 Å². The third kappa shape index (κ3) is 2.91. The van der Waals surface area contributed by atoms with Crippen LogP contribution in [0.3, 0.4) is 0 Å². The van der Waals surface area contributed by atoms with Crippen molar-refractivity contribution in [2.24, 2.45) is 5.92 Å². The Morgan fingerprint density at radius 2 is 2.04 bits per heavy atom. The second-order valence-electron chi connectivity index (χ2n) is 7.23. The van der Waals surface area contributed by atoms with Crippen LogP contribution in [0.1, 0.15) is 40.3 Å². The molecule has 27 heavy (non-hydrogen) atoms. The normalized spacial score (nSPS) is 20.9. The largest absolute Gasteiger partial charge is 0.489 e. The average Bonchev–Trinajstić information content (AvgIpc) is 2.92. The summed E-state index contributed by atoms with van der Waals surface area (Å²) in [5, 5.41) is 0. The summed E-state index contributed by atoms with van der Waals surface area (Å²) < 4.78 is 38.4. The molecule has 140 valence electrons. The van der Waals surface area contributed by atoms with Crippen molar-refractivity contribution in [1.29, 1.82) is 0 Å². The third-order valence-corrected chi connectivity index (χ3v) is 5.62. The number of hydrogen-bond donors (Lipinski definition) is 0. The minimum Gasteiger partial charge on any atom is -0.489 e. The number of rotatable bonds is 3. The highest BCUT2D eigenvalue weighted by atomic mass is 19.1. The summed E-state index contributed by atoms with van der Waals surface area (Å²) in [5.74, 6) is -0.985. The van der Waals surface area contributed by atoms with Gasteiger partial charge in [0.2, 0.25) is 0 Å². The van der Waals surface area contributed by atoms with Gasteiger partial charge in [0.15, 0.2) is 0 Å². The fourth-order valence-corrected chi connectivity index (χ4v) is 4.12. The second-order valence-corrected chi connectivity index (χ2v) is 7.23. The highest BCUT2D eigenvalue weighted by molar-refractivity contribution is 5.91. The van der Waals surface area contributed by atoms with Crippen LogP contribution in [0.15, 0.2) is 36.4 Å². The van der Waals surface area contributed by atoms with E-state index in [1.165, 1.54) is 17.7 Å². The summed E-state index contributed by atoms with van der Waals surface area (Å²) in [7, 11) is 0. The molecule has 0 radical (unpaired) electrons. The van der Waals surface area contributed by atoms with Crippen molar-refractivity contribution in [1.82, 2.24) is 0 Å². The summed E-state index contributed by atoms with van der Waals surface area (Å²) in [4.78, 5) is 12.0. The van der Waals surface area contributed by atoms with Crippen LogP contribution in [-0.2, 0) is 22.6 Å². The minimum atomic E-state index is -0.636. The van der Waals surface area contributed by atoms with Crippen molar-refractivity contribution in [3.63, 3.8) is 0 Å². The molecule has 0 spiro atoms. The lowest BCUT2D eigenvalue weighted by atomic mass is 9.76. The van der Waals surface area contributed by atoms with E-state index in [-0.39, 0.29) is 30.2 Å². The van der Waals surface area contributed by atoms with E-state index in [1.807, 2.05) is 19.9 Å². The molecular weight excluding hydrogens is 350 g/mol. The van der Waals surface area contributed by atoms with Gasteiger partial charge in [0, 0.05) is 28.7 Å². The van der Waals surface area contributed by atoms with Gasteiger partial charge in [-0.05, 0) is 61.6 Å². The van der Waals surface area contributed by atoms with Gasteiger partial charge in [0.1, 0.15) is 30.1 Å². The first-order chi connectivity index (χ1) is 12.9. The van der Waals surface area contributed by atoms with E-state index in [0.29, 0.717) is 11.3 Å². The standard InChI is InChI=1S/C22H20F2O3/c1-11-8-19(26-10-14-4-5-15(23)9-18(14)24)13(3)20-16(11)6-7-17-12(2)22(25)27-21(17)20/h4-5,8-9,17,21H,2,6-7,10H2,1,3H3/t17-,21+/m0/s1. The molecule has 1 aliphatic heterocycles. The lowest BCUT2D eigenvalue weighted by Crippen LogP contribution is -2.20. The second kappa shape index (κ2) is 6.48. The maximum Gasteiger partial charge on any atom is 0.334 e. The average molecular weight is 370 g/mol. The Morgan fingerprint density at radius 1 is 1.26 bits per heavy atom. The Bertz CT molecular complexity index is 965. The van der Waals surface area contributed by atoms with Gasteiger partial charge < -0.3 is 9.47 Å². The fourth-order valence-electron chi connectivity index (χ4n) is 4.12. The molecule has 3 nitrogen and oxygen atoms in total. The first-order valence-electron chi connectivity index (χ1n) is 8.96. The van der Waals surface area contributed by atoms with Crippen LogP contribution < -0.4 is 4.74 Å². The van der Waals surface area contributed by atoms with Gasteiger partial charge in [-0.1, -0.05) is 6.58 Å². The molecule has 1 fully saturated rings. The highest BCUT2D eigenvalue weighted by Gasteiger charge is 2.44. The van der Waals surface area contributed by atoms with Crippen molar-refractivity contribution < 1.29 is 23.0 Å². The van der Waals surface area contributed by atoms with Crippen LogP contribution in [0.25, 0.3) is 0 Å². The van der Waals surface area contributed by atoms with Gasteiger partial charge >= 0.3 is 5.97 Å². The Kier molecular flexibility index (Phi) is 4.25. The molecule has 5 heteroatoms.